The Hall–Kier alpha value is -0.560. The second-order valence-corrected chi connectivity index (χ2v) is 11.8. The van der Waals surface area contributed by atoms with Crippen molar-refractivity contribution in [1.82, 2.24) is 0 Å². The minimum Gasteiger partial charge on any atom is -0.393 e. The summed E-state index contributed by atoms with van der Waals surface area (Å²) in [7, 11) is 0. The standard InChI is InChI=1S/C27H44O/c1-18(2)7-6-8-19(3)23-11-12-24-22-10-9-20-17-21(28)13-15-26(20,4)25(22)14-16-27(23,24)5/h10,14,18-21,23-24,28H,6-9,11-13,15-17H2,1-5H3/t19?,20?,21-,23?,24?,26-,27+/m0/s1. The lowest BCUT2D eigenvalue weighted by molar-refractivity contribution is 0.0309. The third-order valence-corrected chi connectivity index (χ3v) is 9.66. The van der Waals surface area contributed by atoms with E-state index in [9.17, 15) is 5.11 Å². The lowest BCUT2D eigenvalue weighted by Crippen LogP contribution is -2.44. The highest BCUT2D eigenvalue weighted by Crippen LogP contribution is 2.64. The van der Waals surface area contributed by atoms with Crippen molar-refractivity contribution in [2.75, 3.05) is 0 Å². The predicted octanol–water partition coefficient (Wildman–Crippen LogP) is 7.31. The first kappa shape index (κ1) is 20.7. The van der Waals surface area contributed by atoms with Gasteiger partial charge < -0.3 is 5.11 Å². The van der Waals surface area contributed by atoms with Gasteiger partial charge in [-0.25, -0.2) is 0 Å². The molecule has 0 aromatic rings. The monoisotopic (exact) mass is 384 g/mol. The van der Waals surface area contributed by atoms with Gasteiger partial charge in [0.2, 0.25) is 0 Å². The summed E-state index contributed by atoms with van der Waals surface area (Å²) < 4.78 is 0. The van der Waals surface area contributed by atoms with Crippen molar-refractivity contribution in [3.63, 3.8) is 0 Å². The van der Waals surface area contributed by atoms with Crippen LogP contribution in [-0.4, -0.2) is 11.2 Å². The second-order valence-electron chi connectivity index (χ2n) is 11.8. The summed E-state index contributed by atoms with van der Waals surface area (Å²) in [5.41, 5.74) is 4.24. The number of rotatable bonds is 5. The molecule has 4 aliphatic carbocycles. The summed E-state index contributed by atoms with van der Waals surface area (Å²) in [4.78, 5) is 0. The van der Waals surface area contributed by atoms with Crippen molar-refractivity contribution in [3.8, 4) is 0 Å². The minimum atomic E-state index is -0.0648. The van der Waals surface area contributed by atoms with Crippen LogP contribution in [0.5, 0.6) is 0 Å². The van der Waals surface area contributed by atoms with Crippen LogP contribution < -0.4 is 0 Å². The number of hydrogen-bond donors (Lipinski definition) is 1. The van der Waals surface area contributed by atoms with Gasteiger partial charge >= 0.3 is 0 Å². The van der Waals surface area contributed by atoms with Gasteiger partial charge in [0.1, 0.15) is 0 Å². The van der Waals surface area contributed by atoms with Crippen molar-refractivity contribution in [1.29, 1.82) is 0 Å². The van der Waals surface area contributed by atoms with Crippen LogP contribution in [0.3, 0.4) is 0 Å². The lowest BCUT2D eigenvalue weighted by Gasteiger charge is -2.53. The molecule has 2 saturated carbocycles. The van der Waals surface area contributed by atoms with E-state index in [0.29, 0.717) is 16.7 Å². The molecule has 0 bridgehead atoms. The summed E-state index contributed by atoms with van der Waals surface area (Å²) in [5, 5.41) is 10.2. The molecule has 2 fully saturated rings. The predicted molar refractivity (Wildman–Crippen MR) is 119 cm³/mol. The molecule has 0 heterocycles. The molecule has 0 amide bonds. The highest BCUT2D eigenvalue weighted by Gasteiger charge is 2.55. The van der Waals surface area contributed by atoms with Gasteiger partial charge in [-0.15, -0.1) is 0 Å². The average molecular weight is 385 g/mol. The normalized spacial score (nSPS) is 43.7. The van der Waals surface area contributed by atoms with Gasteiger partial charge in [-0.1, -0.05) is 66.0 Å². The molecule has 0 aliphatic heterocycles. The fraction of sp³-hybridized carbons (Fsp3) is 0.852. The zero-order chi connectivity index (χ0) is 20.1. The average Bonchev–Trinajstić information content (AvgIpc) is 2.99. The van der Waals surface area contributed by atoms with Gasteiger partial charge in [0.05, 0.1) is 6.10 Å². The van der Waals surface area contributed by atoms with Crippen LogP contribution in [0.15, 0.2) is 23.3 Å². The Morgan fingerprint density at radius 2 is 1.86 bits per heavy atom. The molecule has 0 radical (unpaired) electrons. The van der Waals surface area contributed by atoms with Crippen LogP contribution in [0.2, 0.25) is 0 Å². The second kappa shape index (κ2) is 7.60. The van der Waals surface area contributed by atoms with E-state index in [2.05, 4.69) is 46.8 Å². The molecule has 1 nitrogen and oxygen atoms in total. The molecule has 0 aromatic heterocycles. The fourth-order valence-electron chi connectivity index (χ4n) is 7.85. The maximum Gasteiger partial charge on any atom is 0.0543 e. The van der Waals surface area contributed by atoms with Crippen LogP contribution in [0, 0.1) is 40.4 Å². The highest BCUT2D eigenvalue weighted by atomic mass is 16.3. The largest absolute Gasteiger partial charge is 0.393 e. The third-order valence-electron chi connectivity index (χ3n) is 9.66. The van der Waals surface area contributed by atoms with Gasteiger partial charge in [-0.05, 0) is 96.5 Å². The molecule has 28 heavy (non-hydrogen) atoms. The van der Waals surface area contributed by atoms with Crippen LogP contribution in [-0.2, 0) is 0 Å². The molecule has 4 aliphatic rings. The maximum absolute atomic E-state index is 10.2. The third kappa shape index (κ3) is 3.34. The summed E-state index contributed by atoms with van der Waals surface area (Å²) in [6.07, 6.45) is 17.9. The Kier molecular flexibility index (Phi) is 5.62. The Morgan fingerprint density at radius 1 is 1.07 bits per heavy atom. The zero-order valence-corrected chi connectivity index (χ0v) is 19.1. The lowest BCUT2D eigenvalue weighted by atomic mass is 9.51. The van der Waals surface area contributed by atoms with Crippen molar-refractivity contribution < 1.29 is 5.11 Å². The van der Waals surface area contributed by atoms with Crippen LogP contribution in [0.1, 0.15) is 98.8 Å². The Labute approximate surface area is 174 Å². The van der Waals surface area contributed by atoms with Crippen LogP contribution in [0.25, 0.3) is 0 Å². The van der Waals surface area contributed by atoms with Gasteiger partial charge in [-0.2, -0.15) is 0 Å². The zero-order valence-electron chi connectivity index (χ0n) is 19.1. The molecule has 1 N–H and O–H groups in total. The SMILES string of the molecule is CC(C)CCCC(C)C1CCC2C3=CCC4C[C@@H](O)CC[C@]4(C)C3=CC[C@@]21C. The Morgan fingerprint density at radius 3 is 2.61 bits per heavy atom. The van der Waals surface area contributed by atoms with E-state index in [-0.39, 0.29) is 6.10 Å². The number of aliphatic hydroxyl groups is 1. The number of fused-ring (bicyclic) bond motifs is 5. The molecule has 4 unspecified atom stereocenters. The number of allylic oxidation sites excluding steroid dienone is 4. The molecule has 0 saturated heterocycles. The number of aliphatic hydroxyl groups excluding tert-OH is 1. The summed E-state index contributed by atoms with van der Waals surface area (Å²) in [6, 6.07) is 0. The van der Waals surface area contributed by atoms with Crippen molar-refractivity contribution in [2.24, 2.45) is 40.4 Å². The van der Waals surface area contributed by atoms with E-state index >= 15 is 0 Å². The minimum absolute atomic E-state index is 0.0648. The fourth-order valence-corrected chi connectivity index (χ4v) is 7.85. The molecule has 7 atom stereocenters. The smallest absolute Gasteiger partial charge is 0.0543 e. The van der Waals surface area contributed by atoms with Crippen LogP contribution >= 0.6 is 0 Å². The molecule has 4 rings (SSSR count). The first-order valence-electron chi connectivity index (χ1n) is 12.3. The van der Waals surface area contributed by atoms with E-state index in [1.54, 1.807) is 11.1 Å². The first-order chi connectivity index (χ1) is 13.3. The van der Waals surface area contributed by atoms with Gasteiger partial charge in [-0.3, -0.25) is 0 Å². The summed E-state index contributed by atoms with van der Waals surface area (Å²) in [5.74, 6) is 4.04. The summed E-state index contributed by atoms with van der Waals surface area (Å²) in [6.45, 7) is 12.4. The van der Waals surface area contributed by atoms with Crippen molar-refractivity contribution in [2.45, 2.75) is 105 Å². The quantitative estimate of drug-likeness (QED) is 0.527. The van der Waals surface area contributed by atoms with E-state index in [1.165, 1.54) is 51.4 Å². The number of hydrogen-bond acceptors (Lipinski definition) is 1. The molecule has 158 valence electrons. The Balaban J connectivity index is 1.54. The van der Waals surface area contributed by atoms with E-state index in [4.69, 9.17) is 0 Å². The molecular weight excluding hydrogens is 340 g/mol. The van der Waals surface area contributed by atoms with E-state index < -0.39 is 0 Å². The molecule has 0 aromatic carbocycles. The molecule has 0 spiro atoms. The first-order valence-corrected chi connectivity index (χ1v) is 12.3. The maximum atomic E-state index is 10.2. The molecular formula is C27H44O. The van der Waals surface area contributed by atoms with E-state index in [0.717, 1.165) is 36.5 Å². The van der Waals surface area contributed by atoms with Crippen molar-refractivity contribution >= 4 is 0 Å². The Bertz CT molecular complexity index is 643. The topological polar surface area (TPSA) is 20.2 Å². The van der Waals surface area contributed by atoms with Gasteiger partial charge in [0.25, 0.3) is 0 Å². The van der Waals surface area contributed by atoms with E-state index in [1.807, 2.05) is 0 Å². The van der Waals surface area contributed by atoms with Gasteiger partial charge in [0, 0.05) is 0 Å². The summed E-state index contributed by atoms with van der Waals surface area (Å²) >= 11 is 0. The highest BCUT2D eigenvalue weighted by molar-refractivity contribution is 5.46. The van der Waals surface area contributed by atoms with Gasteiger partial charge in [0.15, 0.2) is 0 Å². The van der Waals surface area contributed by atoms with Crippen molar-refractivity contribution in [3.05, 3.63) is 23.3 Å². The molecule has 1 heteroatoms. The van der Waals surface area contributed by atoms with Crippen LogP contribution in [0.4, 0.5) is 0 Å².